The Labute approximate surface area is 92.6 Å². The van der Waals surface area contributed by atoms with Gasteiger partial charge in [0, 0.05) is 0 Å². The molecule has 0 aliphatic heterocycles. The van der Waals surface area contributed by atoms with Gasteiger partial charge in [-0.25, -0.2) is 0 Å². The first-order valence-electron chi connectivity index (χ1n) is 5.69. The Balaban J connectivity index is 0.000000921. The fourth-order valence-electron chi connectivity index (χ4n) is 1.25. The molecule has 2 N–H and O–H groups in total. The molecule has 15 heavy (non-hydrogen) atoms. The molecule has 0 amide bonds. The molecular weight excluding hydrogens is 188 g/mol. The quantitative estimate of drug-likeness (QED) is 0.801. The summed E-state index contributed by atoms with van der Waals surface area (Å²) in [6, 6.07) is 7.26. The van der Waals surface area contributed by atoms with Crippen molar-refractivity contribution in [2.24, 2.45) is 0 Å². The van der Waals surface area contributed by atoms with E-state index in [1.165, 1.54) is 0 Å². The van der Waals surface area contributed by atoms with E-state index in [-0.39, 0.29) is 6.10 Å². The standard InChI is InChI=1S/C11H16O2.C2H6/c1-2-10(12)8-7-9-5-3-4-6-11(9)13;1-2/h3-6,10,12-13H,2,7-8H2,1H3;1-2H3/t10-;/m1./s1. The van der Waals surface area contributed by atoms with Gasteiger partial charge in [0.25, 0.3) is 0 Å². The van der Waals surface area contributed by atoms with E-state index >= 15 is 0 Å². The third-order valence-corrected chi connectivity index (χ3v) is 2.21. The minimum atomic E-state index is -0.250. The summed E-state index contributed by atoms with van der Waals surface area (Å²) in [6.45, 7) is 5.95. The normalized spacial score (nSPS) is 11.5. The number of hydrogen-bond donors (Lipinski definition) is 2. The SMILES string of the molecule is CC.CC[C@@H](O)CCc1ccccc1O. The van der Waals surface area contributed by atoms with Gasteiger partial charge in [-0.1, -0.05) is 39.0 Å². The van der Waals surface area contributed by atoms with E-state index in [1.54, 1.807) is 12.1 Å². The second-order valence-electron chi connectivity index (χ2n) is 3.23. The molecule has 1 aromatic carbocycles. The number of aliphatic hydroxyl groups excluding tert-OH is 1. The summed E-state index contributed by atoms with van der Waals surface area (Å²) in [5.41, 5.74) is 0.912. The number of benzene rings is 1. The van der Waals surface area contributed by atoms with E-state index in [2.05, 4.69) is 0 Å². The van der Waals surface area contributed by atoms with Crippen molar-refractivity contribution in [3.8, 4) is 5.75 Å². The van der Waals surface area contributed by atoms with Gasteiger partial charge < -0.3 is 10.2 Å². The Hall–Kier alpha value is -1.02. The third-order valence-electron chi connectivity index (χ3n) is 2.21. The van der Waals surface area contributed by atoms with Crippen LogP contribution in [0.4, 0.5) is 0 Å². The molecule has 0 saturated heterocycles. The fraction of sp³-hybridized carbons (Fsp3) is 0.538. The highest BCUT2D eigenvalue weighted by Gasteiger charge is 2.03. The zero-order valence-electron chi connectivity index (χ0n) is 9.90. The summed E-state index contributed by atoms with van der Waals surface area (Å²) in [7, 11) is 0. The maximum Gasteiger partial charge on any atom is 0.118 e. The first kappa shape index (κ1) is 14.0. The summed E-state index contributed by atoms with van der Waals surface area (Å²) in [6.07, 6.45) is 1.98. The van der Waals surface area contributed by atoms with Crippen LogP contribution in [-0.2, 0) is 6.42 Å². The molecule has 0 bridgehead atoms. The zero-order chi connectivity index (χ0) is 11.7. The zero-order valence-corrected chi connectivity index (χ0v) is 9.90. The van der Waals surface area contributed by atoms with Crippen LogP contribution in [0.15, 0.2) is 24.3 Å². The van der Waals surface area contributed by atoms with Gasteiger partial charge in [0.2, 0.25) is 0 Å². The van der Waals surface area contributed by atoms with Crippen molar-refractivity contribution in [3.63, 3.8) is 0 Å². The Morgan fingerprint density at radius 2 is 1.80 bits per heavy atom. The lowest BCUT2D eigenvalue weighted by molar-refractivity contribution is 0.160. The van der Waals surface area contributed by atoms with Crippen LogP contribution in [0.3, 0.4) is 0 Å². The van der Waals surface area contributed by atoms with Crippen molar-refractivity contribution in [2.75, 3.05) is 0 Å². The largest absolute Gasteiger partial charge is 0.508 e. The van der Waals surface area contributed by atoms with Gasteiger partial charge >= 0.3 is 0 Å². The summed E-state index contributed by atoms with van der Waals surface area (Å²) >= 11 is 0. The maximum atomic E-state index is 9.41. The van der Waals surface area contributed by atoms with Crippen LogP contribution in [0, 0.1) is 0 Å². The molecule has 0 aromatic heterocycles. The predicted octanol–water partition coefficient (Wildman–Crippen LogP) is 3.12. The van der Waals surface area contributed by atoms with E-state index < -0.39 is 0 Å². The van der Waals surface area contributed by atoms with Crippen LogP contribution >= 0.6 is 0 Å². The van der Waals surface area contributed by atoms with Crippen LogP contribution in [-0.4, -0.2) is 16.3 Å². The molecule has 1 aromatic rings. The number of hydrogen-bond acceptors (Lipinski definition) is 2. The Bertz CT molecular complexity index is 258. The molecular formula is C13H22O2. The number of phenolic OH excluding ortho intramolecular Hbond substituents is 1. The lowest BCUT2D eigenvalue weighted by Crippen LogP contribution is -2.05. The van der Waals surface area contributed by atoms with Crippen LogP contribution in [0.5, 0.6) is 5.75 Å². The monoisotopic (exact) mass is 210 g/mol. The lowest BCUT2D eigenvalue weighted by Gasteiger charge is -2.08. The number of rotatable bonds is 4. The molecule has 1 atom stereocenters. The molecule has 2 nitrogen and oxygen atoms in total. The highest BCUT2D eigenvalue weighted by molar-refractivity contribution is 5.31. The molecule has 0 fully saturated rings. The summed E-state index contributed by atoms with van der Waals surface area (Å²) in [4.78, 5) is 0. The summed E-state index contributed by atoms with van der Waals surface area (Å²) in [5.74, 6) is 0.325. The predicted molar refractivity (Wildman–Crippen MR) is 64.1 cm³/mol. The van der Waals surface area contributed by atoms with Gasteiger partial charge in [-0.15, -0.1) is 0 Å². The van der Waals surface area contributed by atoms with Gasteiger partial charge in [0.15, 0.2) is 0 Å². The van der Waals surface area contributed by atoms with E-state index in [0.717, 1.165) is 18.4 Å². The summed E-state index contributed by atoms with van der Waals surface area (Å²) in [5, 5.41) is 18.7. The topological polar surface area (TPSA) is 40.5 Å². The van der Waals surface area contributed by atoms with E-state index in [4.69, 9.17) is 0 Å². The van der Waals surface area contributed by atoms with Crippen molar-refractivity contribution < 1.29 is 10.2 Å². The molecule has 0 heterocycles. The van der Waals surface area contributed by atoms with Gasteiger partial charge in [-0.05, 0) is 30.9 Å². The van der Waals surface area contributed by atoms with Gasteiger partial charge in [-0.3, -0.25) is 0 Å². The van der Waals surface area contributed by atoms with Gasteiger partial charge in [0.1, 0.15) is 5.75 Å². The van der Waals surface area contributed by atoms with Gasteiger partial charge in [0.05, 0.1) is 6.10 Å². The number of aliphatic hydroxyl groups is 1. The molecule has 0 radical (unpaired) electrons. The molecule has 0 saturated carbocycles. The minimum Gasteiger partial charge on any atom is -0.508 e. The molecule has 0 unspecified atom stereocenters. The number of aromatic hydroxyl groups is 1. The van der Waals surface area contributed by atoms with Crippen LogP contribution in [0.2, 0.25) is 0 Å². The molecule has 0 aliphatic rings. The number of phenols is 1. The number of aryl methyl sites for hydroxylation is 1. The van der Waals surface area contributed by atoms with Crippen molar-refractivity contribution in [2.45, 2.75) is 46.1 Å². The highest BCUT2D eigenvalue weighted by atomic mass is 16.3. The average molecular weight is 210 g/mol. The fourth-order valence-corrected chi connectivity index (χ4v) is 1.25. The van der Waals surface area contributed by atoms with Crippen LogP contribution in [0.1, 0.15) is 39.2 Å². The van der Waals surface area contributed by atoms with Crippen molar-refractivity contribution in [1.82, 2.24) is 0 Å². The van der Waals surface area contributed by atoms with Crippen LogP contribution < -0.4 is 0 Å². The first-order chi connectivity index (χ1) is 7.24. The first-order valence-corrected chi connectivity index (χ1v) is 5.69. The van der Waals surface area contributed by atoms with Gasteiger partial charge in [-0.2, -0.15) is 0 Å². The van der Waals surface area contributed by atoms with E-state index in [0.29, 0.717) is 12.2 Å². The number of para-hydroxylation sites is 1. The Morgan fingerprint density at radius 3 is 2.33 bits per heavy atom. The average Bonchev–Trinajstić information content (AvgIpc) is 2.30. The molecule has 0 spiro atoms. The molecule has 86 valence electrons. The highest BCUT2D eigenvalue weighted by Crippen LogP contribution is 2.18. The lowest BCUT2D eigenvalue weighted by atomic mass is 10.0. The van der Waals surface area contributed by atoms with E-state index in [1.807, 2.05) is 32.9 Å². The van der Waals surface area contributed by atoms with E-state index in [9.17, 15) is 10.2 Å². The van der Waals surface area contributed by atoms with Crippen molar-refractivity contribution in [3.05, 3.63) is 29.8 Å². The molecule has 1 rings (SSSR count). The van der Waals surface area contributed by atoms with Crippen molar-refractivity contribution in [1.29, 1.82) is 0 Å². The second-order valence-corrected chi connectivity index (χ2v) is 3.23. The summed E-state index contributed by atoms with van der Waals surface area (Å²) < 4.78 is 0. The Kier molecular flexibility index (Phi) is 7.74. The molecule has 0 aliphatic carbocycles. The smallest absolute Gasteiger partial charge is 0.118 e. The Morgan fingerprint density at radius 1 is 1.20 bits per heavy atom. The van der Waals surface area contributed by atoms with Crippen molar-refractivity contribution >= 4 is 0 Å². The maximum absolute atomic E-state index is 9.41. The molecule has 2 heteroatoms. The third kappa shape index (κ3) is 5.43. The van der Waals surface area contributed by atoms with Crippen LogP contribution in [0.25, 0.3) is 0 Å². The minimum absolute atomic E-state index is 0.250. The second kappa shape index (κ2) is 8.30.